The summed E-state index contributed by atoms with van der Waals surface area (Å²) in [6, 6.07) is 13.4. The summed E-state index contributed by atoms with van der Waals surface area (Å²) in [5.74, 6) is 1.06. The molecule has 1 N–H and O–H groups in total. The number of rotatable bonds is 6. The number of carbonyl (C=O) groups is 1. The first-order valence-corrected chi connectivity index (χ1v) is 7.09. The normalized spacial score (nSPS) is 10.4. The molecular formula is C17H14N2O5. The van der Waals surface area contributed by atoms with Gasteiger partial charge >= 0.3 is 5.97 Å². The van der Waals surface area contributed by atoms with Crippen molar-refractivity contribution < 1.29 is 23.9 Å². The minimum atomic E-state index is -0.984. The molecule has 0 unspecified atom stereocenters. The number of aromatic carboxylic acids is 1. The third-order valence-corrected chi connectivity index (χ3v) is 3.28. The lowest BCUT2D eigenvalue weighted by Gasteiger charge is -2.03. The number of ether oxygens (including phenoxy) is 2. The molecular weight excluding hydrogens is 312 g/mol. The molecule has 0 radical (unpaired) electrons. The molecule has 0 saturated carbocycles. The predicted molar refractivity (Wildman–Crippen MR) is 84.0 cm³/mol. The molecule has 0 fully saturated rings. The topological polar surface area (TPSA) is 94.7 Å². The largest absolute Gasteiger partial charge is 0.497 e. The molecule has 0 bridgehead atoms. The summed E-state index contributed by atoms with van der Waals surface area (Å²) in [5.41, 5.74) is 0.999. The lowest BCUT2D eigenvalue weighted by atomic mass is 10.2. The van der Waals surface area contributed by atoms with Crippen LogP contribution in [0.1, 0.15) is 16.2 Å². The van der Waals surface area contributed by atoms with Crippen molar-refractivity contribution in [3.63, 3.8) is 0 Å². The Morgan fingerprint density at radius 1 is 1.08 bits per heavy atom. The highest BCUT2D eigenvalue weighted by Gasteiger charge is 2.10. The first-order chi connectivity index (χ1) is 11.7. The van der Waals surface area contributed by atoms with Crippen LogP contribution in [0.25, 0.3) is 11.4 Å². The van der Waals surface area contributed by atoms with Gasteiger partial charge in [0.25, 0.3) is 5.89 Å². The third-order valence-electron chi connectivity index (χ3n) is 3.28. The molecule has 1 heterocycles. The molecule has 0 amide bonds. The van der Waals surface area contributed by atoms with Crippen molar-refractivity contribution in [2.75, 3.05) is 7.11 Å². The maximum atomic E-state index is 10.8. The van der Waals surface area contributed by atoms with Crippen LogP contribution in [0.15, 0.2) is 53.1 Å². The van der Waals surface area contributed by atoms with Gasteiger partial charge < -0.3 is 19.1 Å². The van der Waals surface area contributed by atoms with Crippen molar-refractivity contribution in [1.82, 2.24) is 10.1 Å². The standard InChI is InChI=1S/C17H14N2O5/c1-22-13-6-2-11(3-7-13)16-18-15(24-19-16)10-23-14-8-4-12(5-9-14)17(20)21/h2-9H,10H2,1H3,(H,20,21). The highest BCUT2D eigenvalue weighted by molar-refractivity contribution is 5.87. The van der Waals surface area contributed by atoms with Crippen molar-refractivity contribution >= 4 is 5.97 Å². The first kappa shape index (κ1) is 15.5. The SMILES string of the molecule is COc1ccc(-c2noc(COc3ccc(C(=O)O)cc3)n2)cc1. The molecule has 7 nitrogen and oxygen atoms in total. The molecule has 0 saturated heterocycles. The Bertz CT molecular complexity index is 825. The minimum absolute atomic E-state index is 0.0928. The van der Waals surface area contributed by atoms with E-state index < -0.39 is 5.97 Å². The van der Waals surface area contributed by atoms with Crippen molar-refractivity contribution in [3.8, 4) is 22.9 Å². The van der Waals surface area contributed by atoms with Crippen molar-refractivity contribution in [2.45, 2.75) is 6.61 Å². The molecule has 7 heteroatoms. The zero-order valence-electron chi connectivity index (χ0n) is 12.8. The highest BCUT2D eigenvalue weighted by atomic mass is 16.5. The van der Waals surface area contributed by atoms with E-state index in [0.29, 0.717) is 17.5 Å². The van der Waals surface area contributed by atoms with Gasteiger partial charge in [-0.3, -0.25) is 0 Å². The fraction of sp³-hybridized carbons (Fsp3) is 0.118. The van der Waals surface area contributed by atoms with Gasteiger partial charge in [-0.15, -0.1) is 0 Å². The highest BCUT2D eigenvalue weighted by Crippen LogP contribution is 2.20. The zero-order chi connectivity index (χ0) is 16.9. The number of methoxy groups -OCH3 is 1. The number of nitrogens with zero attached hydrogens (tertiary/aromatic N) is 2. The molecule has 2 aromatic carbocycles. The second-order valence-electron chi connectivity index (χ2n) is 4.86. The maximum Gasteiger partial charge on any atom is 0.335 e. The van der Waals surface area contributed by atoms with Crippen molar-refractivity contribution in [2.24, 2.45) is 0 Å². The average Bonchev–Trinajstić information content (AvgIpc) is 3.09. The van der Waals surface area contributed by atoms with Crippen LogP contribution in [-0.4, -0.2) is 28.3 Å². The molecule has 0 spiro atoms. The molecule has 24 heavy (non-hydrogen) atoms. The van der Waals surface area contributed by atoms with Gasteiger partial charge in [0.15, 0.2) is 6.61 Å². The van der Waals surface area contributed by atoms with Gasteiger partial charge in [-0.25, -0.2) is 4.79 Å². The van der Waals surface area contributed by atoms with E-state index in [-0.39, 0.29) is 12.2 Å². The van der Waals surface area contributed by atoms with Gasteiger partial charge in [-0.05, 0) is 48.5 Å². The zero-order valence-corrected chi connectivity index (χ0v) is 12.8. The summed E-state index contributed by atoms with van der Waals surface area (Å²) in [4.78, 5) is 15.0. The summed E-state index contributed by atoms with van der Waals surface area (Å²) in [7, 11) is 1.60. The number of carboxylic acids is 1. The van der Waals surface area contributed by atoms with Gasteiger partial charge in [0.2, 0.25) is 5.82 Å². The molecule has 122 valence electrons. The van der Waals surface area contributed by atoms with Crippen LogP contribution in [0, 0.1) is 0 Å². The monoisotopic (exact) mass is 326 g/mol. The molecule has 1 aromatic heterocycles. The van der Waals surface area contributed by atoms with Gasteiger partial charge in [-0.2, -0.15) is 4.98 Å². The fourth-order valence-electron chi connectivity index (χ4n) is 2.01. The maximum absolute atomic E-state index is 10.8. The number of hydrogen-bond acceptors (Lipinski definition) is 6. The fourth-order valence-corrected chi connectivity index (χ4v) is 2.01. The lowest BCUT2D eigenvalue weighted by Crippen LogP contribution is -1.98. The molecule has 0 aliphatic heterocycles. The van der Waals surface area contributed by atoms with E-state index in [9.17, 15) is 4.79 Å². The van der Waals surface area contributed by atoms with E-state index >= 15 is 0 Å². The van der Waals surface area contributed by atoms with E-state index in [1.165, 1.54) is 12.1 Å². The second kappa shape index (κ2) is 6.82. The van der Waals surface area contributed by atoms with Crippen LogP contribution in [-0.2, 0) is 6.61 Å². The minimum Gasteiger partial charge on any atom is -0.497 e. The Hall–Kier alpha value is -3.35. The lowest BCUT2D eigenvalue weighted by molar-refractivity contribution is 0.0697. The Kier molecular flexibility index (Phi) is 4.42. The van der Waals surface area contributed by atoms with Crippen LogP contribution in [0.4, 0.5) is 0 Å². The molecule has 3 aromatic rings. The number of carboxylic acid groups (broad SMARTS) is 1. The van der Waals surface area contributed by atoms with E-state index in [1.807, 2.05) is 24.3 Å². The Morgan fingerprint density at radius 2 is 1.75 bits per heavy atom. The van der Waals surface area contributed by atoms with Gasteiger partial charge in [0.1, 0.15) is 11.5 Å². The van der Waals surface area contributed by atoms with Crippen molar-refractivity contribution in [3.05, 3.63) is 60.0 Å². The Morgan fingerprint density at radius 3 is 2.38 bits per heavy atom. The van der Waals surface area contributed by atoms with E-state index in [2.05, 4.69) is 10.1 Å². The summed E-state index contributed by atoms with van der Waals surface area (Å²) in [5, 5.41) is 12.8. The molecule has 0 aliphatic rings. The number of aromatic nitrogens is 2. The van der Waals surface area contributed by atoms with Crippen LogP contribution in [0.3, 0.4) is 0 Å². The molecule has 0 aliphatic carbocycles. The Labute approximate surface area is 137 Å². The summed E-state index contributed by atoms with van der Waals surface area (Å²) >= 11 is 0. The van der Waals surface area contributed by atoms with Crippen LogP contribution < -0.4 is 9.47 Å². The van der Waals surface area contributed by atoms with Crippen molar-refractivity contribution in [1.29, 1.82) is 0 Å². The van der Waals surface area contributed by atoms with E-state index in [4.69, 9.17) is 19.1 Å². The van der Waals surface area contributed by atoms with E-state index in [0.717, 1.165) is 11.3 Å². The summed E-state index contributed by atoms with van der Waals surface area (Å²) in [6.07, 6.45) is 0. The van der Waals surface area contributed by atoms with Crippen LogP contribution in [0.2, 0.25) is 0 Å². The smallest absolute Gasteiger partial charge is 0.335 e. The summed E-state index contributed by atoms with van der Waals surface area (Å²) in [6.45, 7) is 0.0928. The predicted octanol–water partition coefficient (Wildman–Crippen LogP) is 3.02. The number of benzene rings is 2. The van der Waals surface area contributed by atoms with Crippen LogP contribution >= 0.6 is 0 Å². The quantitative estimate of drug-likeness (QED) is 0.744. The molecule has 3 rings (SSSR count). The third kappa shape index (κ3) is 3.52. The van der Waals surface area contributed by atoms with Crippen LogP contribution in [0.5, 0.6) is 11.5 Å². The first-order valence-electron chi connectivity index (χ1n) is 7.09. The van der Waals surface area contributed by atoms with Gasteiger partial charge in [-0.1, -0.05) is 5.16 Å². The summed E-state index contributed by atoms with van der Waals surface area (Å²) < 4.78 is 15.8. The molecule has 0 atom stereocenters. The van der Waals surface area contributed by atoms with Gasteiger partial charge in [0.05, 0.1) is 12.7 Å². The number of hydrogen-bond donors (Lipinski definition) is 1. The van der Waals surface area contributed by atoms with Gasteiger partial charge in [0, 0.05) is 5.56 Å². The Balaban J connectivity index is 1.64. The van der Waals surface area contributed by atoms with E-state index in [1.54, 1.807) is 19.2 Å². The average molecular weight is 326 g/mol. The second-order valence-corrected chi connectivity index (χ2v) is 4.86.